The van der Waals surface area contributed by atoms with Crippen LogP contribution < -0.4 is 4.74 Å². The quantitative estimate of drug-likeness (QED) is 0.681. The Bertz CT molecular complexity index is 354. The lowest BCUT2D eigenvalue weighted by Crippen LogP contribution is -2.00. The van der Waals surface area contributed by atoms with Gasteiger partial charge in [-0.25, -0.2) is 0 Å². The Morgan fingerprint density at radius 2 is 1.81 bits per heavy atom. The van der Waals surface area contributed by atoms with Crippen molar-refractivity contribution in [1.82, 2.24) is 0 Å². The van der Waals surface area contributed by atoms with E-state index in [-0.39, 0.29) is 0 Å². The molecule has 16 heavy (non-hydrogen) atoms. The number of hydrogen-bond acceptors (Lipinski definition) is 1. The molecule has 1 nitrogen and oxygen atoms in total. The minimum Gasteiger partial charge on any atom is -0.497 e. The number of benzene rings is 1. The molecular formula is C15H22O. The standard InChI is InChI=1S/C15H22O/c1-6-7-8-11(2)15-12(3)9-14(16-5)10-13(15)4/h6-7,9-11H,8H2,1-5H3/b7-6-. The van der Waals surface area contributed by atoms with Gasteiger partial charge in [0.05, 0.1) is 7.11 Å². The van der Waals surface area contributed by atoms with Gasteiger partial charge in [-0.3, -0.25) is 0 Å². The van der Waals surface area contributed by atoms with Crippen LogP contribution in [0.3, 0.4) is 0 Å². The van der Waals surface area contributed by atoms with Crippen LogP contribution in [-0.2, 0) is 0 Å². The van der Waals surface area contributed by atoms with Crippen molar-refractivity contribution in [3.05, 3.63) is 41.0 Å². The number of hydrogen-bond donors (Lipinski definition) is 0. The molecule has 1 rings (SSSR count). The molecule has 0 amide bonds. The van der Waals surface area contributed by atoms with Crippen molar-refractivity contribution < 1.29 is 4.74 Å². The normalized spacial score (nSPS) is 13.1. The first-order valence-electron chi connectivity index (χ1n) is 5.86. The third-order valence-electron chi connectivity index (χ3n) is 3.02. The second-order valence-electron chi connectivity index (χ2n) is 4.38. The first kappa shape index (κ1) is 12.8. The Kier molecular flexibility index (Phi) is 4.60. The minimum absolute atomic E-state index is 0.571. The first-order chi connectivity index (χ1) is 7.60. The summed E-state index contributed by atoms with van der Waals surface area (Å²) in [6, 6.07) is 4.24. The average molecular weight is 218 g/mol. The van der Waals surface area contributed by atoms with E-state index in [2.05, 4.69) is 52.0 Å². The van der Waals surface area contributed by atoms with Crippen LogP contribution in [0, 0.1) is 13.8 Å². The molecule has 1 aromatic carbocycles. The maximum Gasteiger partial charge on any atom is 0.119 e. The average Bonchev–Trinajstić information content (AvgIpc) is 2.25. The highest BCUT2D eigenvalue weighted by Gasteiger charge is 2.11. The first-order valence-corrected chi connectivity index (χ1v) is 5.86. The topological polar surface area (TPSA) is 9.23 Å². The van der Waals surface area contributed by atoms with E-state index in [0.717, 1.165) is 12.2 Å². The Balaban J connectivity index is 3.04. The predicted molar refractivity (Wildman–Crippen MR) is 70.3 cm³/mol. The summed E-state index contributed by atoms with van der Waals surface area (Å²) in [5.41, 5.74) is 4.11. The van der Waals surface area contributed by atoms with Crippen LogP contribution in [0.5, 0.6) is 5.75 Å². The van der Waals surface area contributed by atoms with E-state index in [1.54, 1.807) is 7.11 Å². The Labute approximate surface area is 99.1 Å². The second kappa shape index (κ2) is 5.74. The molecule has 0 aliphatic rings. The largest absolute Gasteiger partial charge is 0.497 e. The van der Waals surface area contributed by atoms with Crippen molar-refractivity contribution in [3.63, 3.8) is 0 Å². The molecule has 0 saturated carbocycles. The highest BCUT2D eigenvalue weighted by atomic mass is 16.5. The second-order valence-corrected chi connectivity index (χ2v) is 4.38. The van der Waals surface area contributed by atoms with Crippen LogP contribution >= 0.6 is 0 Å². The summed E-state index contributed by atoms with van der Waals surface area (Å²) < 4.78 is 5.28. The zero-order valence-electron chi connectivity index (χ0n) is 11.0. The summed E-state index contributed by atoms with van der Waals surface area (Å²) >= 11 is 0. The lowest BCUT2D eigenvalue weighted by atomic mass is 9.89. The Morgan fingerprint density at radius 3 is 2.25 bits per heavy atom. The molecule has 1 atom stereocenters. The third-order valence-corrected chi connectivity index (χ3v) is 3.02. The molecule has 88 valence electrons. The summed E-state index contributed by atoms with van der Waals surface area (Å²) in [4.78, 5) is 0. The summed E-state index contributed by atoms with van der Waals surface area (Å²) in [5, 5.41) is 0. The summed E-state index contributed by atoms with van der Waals surface area (Å²) in [6.07, 6.45) is 5.45. The molecule has 0 saturated heterocycles. The van der Waals surface area contributed by atoms with E-state index in [1.807, 2.05) is 0 Å². The maximum absolute atomic E-state index is 5.28. The number of aryl methyl sites for hydroxylation is 2. The summed E-state index contributed by atoms with van der Waals surface area (Å²) in [5.74, 6) is 1.53. The van der Waals surface area contributed by atoms with E-state index in [9.17, 15) is 0 Å². The van der Waals surface area contributed by atoms with Gasteiger partial charge < -0.3 is 4.74 Å². The molecule has 1 heteroatoms. The van der Waals surface area contributed by atoms with Gasteiger partial charge in [0.1, 0.15) is 5.75 Å². The molecule has 0 heterocycles. The number of allylic oxidation sites excluding steroid dienone is 2. The van der Waals surface area contributed by atoms with Crippen molar-refractivity contribution in [2.24, 2.45) is 0 Å². The molecule has 0 spiro atoms. The van der Waals surface area contributed by atoms with Crippen LogP contribution in [0.2, 0.25) is 0 Å². The van der Waals surface area contributed by atoms with Crippen LogP contribution in [0.25, 0.3) is 0 Å². The zero-order chi connectivity index (χ0) is 12.1. The van der Waals surface area contributed by atoms with Crippen LogP contribution in [0.4, 0.5) is 0 Å². The van der Waals surface area contributed by atoms with Gasteiger partial charge in [-0.2, -0.15) is 0 Å². The van der Waals surface area contributed by atoms with E-state index in [4.69, 9.17) is 4.74 Å². The fourth-order valence-corrected chi connectivity index (χ4v) is 2.29. The lowest BCUT2D eigenvalue weighted by Gasteiger charge is -2.17. The fraction of sp³-hybridized carbons (Fsp3) is 0.467. The van der Waals surface area contributed by atoms with Gasteiger partial charge in [0.2, 0.25) is 0 Å². The van der Waals surface area contributed by atoms with Crippen molar-refractivity contribution in [2.45, 2.75) is 40.0 Å². The van der Waals surface area contributed by atoms with Gasteiger partial charge in [-0.05, 0) is 61.9 Å². The van der Waals surface area contributed by atoms with Gasteiger partial charge in [-0.15, -0.1) is 0 Å². The molecular weight excluding hydrogens is 196 g/mol. The Hall–Kier alpha value is -1.24. The zero-order valence-corrected chi connectivity index (χ0v) is 11.0. The monoisotopic (exact) mass is 218 g/mol. The highest BCUT2D eigenvalue weighted by Crippen LogP contribution is 2.29. The molecule has 0 bridgehead atoms. The van der Waals surface area contributed by atoms with Gasteiger partial charge >= 0.3 is 0 Å². The van der Waals surface area contributed by atoms with Gasteiger partial charge in [-0.1, -0.05) is 19.1 Å². The van der Waals surface area contributed by atoms with Crippen LogP contribution in [0.1, 0.15) is 42.9 Å². The molecule has 0 N–H and O–H groups in total. The summed E-state index contributed by atoms with van der Waals surface area (Å²) in [6.45, 7) is 8.68. The van der Waals surface area contributed by atoms with E-state index in [0.29, 0.717) is 5.92 Å². The predicted octanol–water partition coefficient (Wildman–Crippen LogP) is 4.38. The van der Waals surface area contributed by atoms with Crippen molar-refractivity contribution in [1.29, 1.82) is 0 Å². The highest BCUT2D eigenvalue weighted by molar-refractivity contribution is 5.43. The molecule has 0 fully saturated rings. The van der Waals surface area contributed by atoms with Gasteiger partial charge in [0.15, 0.2) is 0 Å². The molecule has 0 aromatic heterocycles. The van der Waals surface area contributed by atoms with E-state index in [1.165, 1.54) is 16.7 Å². The fourth-order valence-electron chi connectivity index (χ4n) is 2.29. The van der Waals surface area contributed by atoms with Crippen LogP contribution in [0.15, 0.2) is 24.3 Å². The smallest absolute Gasteiger partial charge is 0.119 e. The van der Waals surface area contributed by atoms with Crippen molar-refractivity contribution in [3.8, 4) is 5.75 Å². The molecule has 1 unspecified atom stereocenters. The number of methoxy groups -OCH3 is 1. The lowest BCUT2D eigenvalue weighted by molar-refractivity contribution is 0.414. The molecule has 1 aromatic rings. The summed E-state index contributed by atoms with van der Waals surface area (Å²) in [7, 11) is 1.72. The molecule has 0 radical (unpaired) electrons. The molecule has 0 aliphatic carbocycles. The van der Waals surface area contributed by atoms with Gasteiger partial charge in [0.25, 0.3) is 0 Å². The van der Waals surface area contributed by atoms with E-state index < -0.39 is 0 Å². The SMILES string of the molecule is C/C=C\CC(C)c1c(C)cc(OC)cc1C. The number of ether oxygens (including phenoxy) is 1. The molecule has 0 aliphatic heterocycles. The van der Waals surface area contributed by atoms with Crippen molar-refractivity contribution >= 4 is 0 Å². The minimum atomic E-state index is 0.571. The third kappa shape index (κ3) is 2.88. The van der Waals surface area contributed by atoms with Gasteiger partial charge in [0, 0.05) is 0 Å². The van der Waals surface area contributed by atoms with Crippen LogP contribution in [-0.4, -0.2) is 7.11 Å². The maximum atomic E-state index is 5.28. The van der Waals surface area contributed by atoms with Crippen molar-refractivity contribution in [2.75, 3.05) is 7.11 Å². The Morgan fingerprint density at radius 1 is 1.25 bits per heavy atom. The van der Waals surface area contributed by atoms with E-state index >= 15 is 0 Å². The number of rotatable bonds is 4.